The van der Waals surface area contributed by atoms with Gasteiger partial charge in [0.15, 0.2) is 0 Å². The Morgan fingerprint density at radius 3 is 2.56 bits per heavy atom. The van der Waals surface area contributed by atoms with Crippen molar-refractivity contribution in [1.29, 1.82) is 0 Å². The van der Waals surface area contributed by atoms with Crippen LogP contribution in [0, 0.1) is 11.6 Å². The number of carboxylic acid groups (broad SMARTS) is 1. The topological polar surface area (TPSA) is 68.0 Å². The highest BCUT2D eigenvalue weighted by Crippen LogP contribution is 2.12. The quantitative estimate of drug-likeness (QED) is 0.897. The van der Waals surface area contributed by atoms with E-state index < -0.39 is 17.6 Å². The van der Waals surface area contributed by atoms with Gasteiger partial charge in [-0.2, -0.15) is 0 Å². The number of carboxylic acids is 1. The summed E-state index contributed by atoms with van der Waals surface area (Å²) in [6.07, 6.45) is 1.58. The van der Waals surface area contributed by atoms with Gasteiger partial charge in [-0.1, -0.05) is 5.21 Å². The Labute approximate surface area is 101 Å². The summed E-state index contributed by atoms with van der Waals surface area (Å²) in [7, 11) is 0. The molecule has 0 spiro atoms. The van der Waals surface area contributed by atoms with E-state index in [1.54, 1.807) is 0 Å². The average Bonchev–Trinajstić information content (AvgIpc) is 2.73. The standard InChI is InChI=1S/C11H9F2N3O2/c12-7-3-8(13)5-10(4-7)16-6-9(14-15-16)1-2-11(17)18/h3-6H,1-2H2,(H,17,18). The fourth-order valence-electron chi connectivity index (χ4n) is 1.45. The predicted octanol–water partition coefficient (Wildman–Crippen LogP) is 1.56. The van der Waals surface area contributed by atoms with Crippen LogP contribution in [0.4, 0.5) is 8.78 Å². The van der Waals surface area contributed by atoms with Gasteiger partial charge < -0.3 is 5.11 Å². The van der Waals surface area contributed by atoms with Gasteiger partial charge in [-0.25, -0.2) is 13.5 Å². The molecule has 2 aromatic rings. The van der Waals surface area contributed by atoms with E-state index in [9.17, 15) is 13.6 Å². The summed E-state index contributed by atoms with van der Waals surface area (Å²) in [5.74, 6) is -2.37. The summed E-state index contributed by atoms with van der Waals surface area (Å²) in [5.41, 5.74) is 0.642. The van der Waals surface area contributed by atoms with E-state index in [-0.39, 0.29) is 18.5 Å². The smallest absolute Gasteiger partial charge is 0.303 e. The van der Waals surface area contributed by atoms with E-state index in [0.717, 1.165) is 18.2 Å². The molecule has 1 heterocycles. The van der Waals surface area contributed by atoms with Gasteiger partial charge in [0.05, 0.1) is 24.0 Å². The van der Waals surface area contributed by atoms with Crippen LogP contribution in [-0.2, 0) is 11.2 Å². The average molecular weight is 253 g/mol. The minimum Gasteiger partial charge on any atom is -0.481 e. The first kappa shape index (κ1) is 12.2. The van der Waals surface area contributed by atoms with Gasteiger partial charge >= 0.3 is 5.97 Å². The number of aromatic nitrogens is 3. The van der Waals surface area contributed by atoms with Crippen LogP contribution >= 0.6 is 0 Å². The number of rotatable bonds is 4. The highest BCUT2D eigenvalue weighted by Gasteiger charge is 2.07. The molecule has 0 saturated carbocycles. The van der Waals surface area contributed by atoms with Crippen LogP contribution in [-0.4, -0.2) is 26.1 Å². The molecule has 0 aliphatic rings. The highest BCUT2D eigenvalue weighted by molar-refractivity contribution is 5.66. The van der Waals surface area contributed by atoms with E-state index in [1.165, 1.54) is 10.9 Å². The van der Waals surface area contributed by atoms with Crippen LogP contribution in [0.25, 0.3) is 5.69 Å². The van der Waals surface area contributed by atoms with Crippen molar-refractivity contribution >= 4 is 5.97 Å². The monoisotopic (exact) mass is 253 g/mol. The molecule has 18 heavy (non-hydrogen) atoms. The summed E-state index contributed by atoms with van der Waals surface area (Å²) in [4.78, 5) is 10.4. The number of benzene rings is 1. The molecule has 1 N–H and O–H groups in total. The zero-order valence-electron chi connectivity index (χ0n) is 9.18. The molecule has 1 aromatic carbocycles. The molecule has 0 bridgehead atoms. The zero-order chi connectivity index (χ0) is 13.1. The van der Waals surface area contributed by atoms with Crippen LogP contribution in [0.3, 0.4) is 0 Å². The van der Waals surface area contributed by atoms with Crippen molar-refractivity contribution in [1.82, 2.24) is 15.0 Å². The highest BCUT2D eigenvalue weighted by atomic mass is 19.1. The number of aliphatic carboxylic acids is 1. The summed E-state index contributed by atoms with van der Waals surface area (Å²) in [6.45, 7) is 0. The maximum absolute atomic E-state index is 13.0. The van der Waals surface area contributed by atoms with E-state index >= 15 is 0 Å². The summed E-state index contributed by atoms with van der Waals surface area (Å²) in [6, 6.07) is 2.98. The van der Waals surface area contributed by atoms with Crippen molar-refractivity contribution in [2.45, 2.75) is 12.8 Å². The van der Waals surface area contributed by atoms with Gasteiger partial charge in [0, 0.05) is 12.5 Å². The number of nitrogens with zero attached hydrogens (tertiary/aromatic N) is 3. The molecule has 0 amide bonds. The Bertz CT molecular complexity index is 563. The van der Waals surface area contributed by atoms with E-state index in [4.69, 9.17) is 5.11 Å². The first-order chi connectivity index (χ1) is 8.54. The molecule has 0 fully saturated rings. The molecule has 0 atom stereocenters. The first-order valence-electron chi connectivity index (χ1n) is 5.14. The Morgan fingerprint density at radius 2 is 1.94 bits per heavy atom. The van der Waals surface area contributed by atoms with Crippen molar-refractivity contribution in [3.05, 3.63) is 41.7 Å². The van der Waals surface area contributed by atoms with Gasteiger partial charge in [0.25, 0.3) is 0 Å². The fourth-order valence-corrected chi connectivity index (χ4v) is 1.45. The molecule has 0 saturated heterocycles. The van der Waals surface area contributed by atoms with Crippen LogP contribution in [0.1, 0.15) is 12.1 Å². The third-order valence-electron chi connectivity index (χ3n) is 2.25. The molecule has 0 aliphatic heterocycles. The normalized spacial score (nSPS) is 10.6. The molecule has 94 valence electrons. The lowest BCUT2D eigenvalue weighted by atomic mass is 10.2. The molecule has 1 aromatic heterocycles. The first-order valence-corrected chi connectivity index (χ1v) is 5.14. The summed E-state index contributed by atoms with van der Waals surface area (Å²) < 4.78 is 27.2. The van der Waals surface area contributed by atoms with Gasteiger partial charge in [-0.05, 0) is 12.1 Å². The fraction of sp³-hybridized carbons (Fsp3) is 0.182. The summed E-state index contributed by atoms with van der Waals surface area (Å²) >= 11 is 0. The van der Waals surface area contributed by atoms with Crippen molar-refractivity contribution in [3.8, 4) is 5.69 Å². The van der Waals surface area contributed by atoms with Gasteiger partial charge in [0.2, 0.25) is 0 Å². The minimum absolute atomic E-state index is 0.0732. The second-order valence-electron chi connectivity index (χ2n) is 3.68. The molecule has 0 aliphatic carbocycles. The largest absolute Gasteiger partial charge is 0.481 e. The van der Waals surface area contributed by atoms with Gasteiger partial charge in [-0.3, -0.25) is 4.79 Å². The number of hydrogen-bond donors (Lipinski definition) is 1. The van der Waals surface area contributed by atoms with Crippen LogP contribution in [0.15, 0.2) is 24.4 Å². The van der Waals surface area contributed by atoms with Gasteiger partial charge in [-0.15, -0.1) is 5.10 Å². The Morgan fingerprint density at radius 1 is 1.28 bits per heavy atom. The number of halogens is 2. The zero-order valence-corrected chi connectivity index (χ0v) is 9.18. The Balaban J connectivity index is 2.21. The number of carbonyl (C=O) groups is 1. The third kappa shape index (κ3) is 2.88. The maximum atomic E-state index is 13.0. The predicted molar refractivity (Wildman–Crippen MR) is 57.2 cm³/mol. The van der Waals surface area contributed by atoms with E-state index in [2.05, 4.69) is 10.3 Å². The lowest BCUT2D eigenvalue weighted by molar-refractivity contribution is -0.136. The summed E-state index contributed by atoms with van der Waals surface area (Å²) in [5, 5.41) is 15.9. The van der Waals surface area contributed by atoms with Crippen LogP contribution < -0.4 is 0 Å². The lowest BCUT2D eigenvalue weighted by Gasteiger charge is -2.00. The lowest BCUT2D eigenvalue weighted by Crippen LogP contribution is -1.97. The third-order valence-corrected chi connectivity index (χ3v) is 2.25. The molecule has 2 rings (SSSR count). The molecule has 0 unspecified atom stereocenters. The van der Waals surface area contributed by atoms with E-state index in [0.29, 0.717) is 5.69 Å². The van der Waals surface area contributed by atoms with Crippen LogP contribution in [0.5, 0.6) is 0 Å². The molecular weight excluding hydrogens is 244 g/mol. The Kier molecular flexibility index (Phi) is 3.31. The van der Waals surface area contributed by atoms with Crippen molar-refractivity contribution in [2.24, 2.45) is 0 Å². The maximum Gasteiger partial charge on any atom is 0.303 e. The second kappa shape index (κ2) is 4.91. The molecule has 7 heteroatoms. The molecule has 0 radical (unpaired) electrons. The SMILES string of the molecule is O=C(O)CCc1cn(-c2cc(F)cc(F)c2)nn1. The molecule has 5 nitrogen and oxygen atoms in total. The number of hydrogen-bond acceptors (Lipinski definition) is 3. The van der Waals surface area contributed by atoms with Crippen LogP contribution in [0.2, 0.25) is 0 Å². The molecular formula is C11H9F2N3O2. The van der Waals surface area contributed by atoms with Crippen molar-refractivity contribution in [3.63, 3.8) is 0 Å². The Hall–Kier alpha value is -2.31. The second-order valence-corrected chi connectivity index (χ2v) is 3.68. The van der Waals surface area contributed by atoms with Crippen molar-refractivity contribution < 1.29 is 18.7 Å². The van der Waals surface area contributed by atoms with Gasteiger partial charge in [0.1, 0.15) is 11.6 Å². The number of aryl methyl sites for hydroxylation is 1. The van der Waals surface area contributed by atoms with Crippen molar-refractivity contribution in [2.75, 3.05) is 0 Å². The minimum atomic E-state index is -0.943. The van der Waals surface area contributed by atoms with E-state index in [1.807, 2.05) is 0 Å².